The molecule has 1 aromatic rings. The van der Waals surface area contributed by atoms with Gasteiger partial charge in [0.15, 0.2) is 0 Å². The Morgan fingerprint density at radius 1 is 1.00 bits per heavy atom. The summed E-state index contributed by atoms with van der Waals surface area (Å²) in [5.74, 6) is 0. The first kappa shape index (κ1) is 15.3. The lowest BCUT2D eigenvalue weighted by Crippen LogP contribution is -2.13. The summed E-state index contributed by atoms with van der Waals surface area (Å²) in [5.41, 5.74) is 3.60. The number of aryl methyl sites for hydroxylation is 1. The quantitative estimate of drug-likeness (QED) is 0.544. The summed E-state index contributed by atoms with van der Waals surface area (Å²) >= 11 is 3.02. The molecular weight excluding hydrogens is 260 g/mol. The summed E-state index contributed by atoms with van der Waals surface area (Å²) in [7, 11) is 0. The summed E-state index contributed by atoms with van der Waals surface area (Å²) in [4.78, 5) is 0. The predicted octanol–water partition coefficient (Wildman–Crippen LogP) is 4.47. The Hall–Kier alpha value is -0.740. The van der Waals surface area contributed by atoms with Crippen LogP contribution in [0.25, 0.3) is 0 Å². The van der Waals surface area contributed by atoms with Crippen molar-refractivity contribution in [3.63, 3.8) is 0 Å². The average Bonchev–Trinajstić information content (AvgIpc) is 2.42. The fourth-order valence-electron chi connectivity index (χ4n) is 1.69. The number of rotatable bonds is 7. The lowest BCUT2D eigenvalue weighted by molar-refractivity contribution is 1.04. The van der Waals surface area contributed by atoms with Crippen molar-refractivity contribution in [1.29, 1.82) is 0 Å². The molecule has 0 aliphatic carbocycles. The zero-order valence-electron chi connectivity index (χ0n) is 11.2. The minimum absolute atomic E-state index is 0.940. The minimum atomic E-state index is 0.940. The maximum absolute atomic E-state index is 4.52. The predicted molar refractivity (Wildman–Crippen MR) is 87.0 cm³/mol. The fourth-order valence-corrected chi connectivity index (χ4v) is 2.56. The van der Waals surface area contributed by atoms with E-state index in [0.29, 0.717) is 0 Å². The van der Waals surface area contributed by atoms with Gasteiger partial charge in [0.05, 0.1) is 11.4 Å². The standard InChI is InChI=1S/C14H20N2S2/c1-4-13(15-17-2)14(16-18-3)11-10-12-8-6-5-7-9-12/h5-9H,4,10-11H2,1-3H3/b15-13+,16-14+. The summed E-state index contributed by atoms with van der Waals surface area (Å²) in [6.07, 6.45) is 6.90. The van der Waals surface area contributed by atoms with E-state index in [1.54, 1.807) is 0 Å². The van der Waals surface area contributed by atoms with Gasteiger partial charge in [-0.3, -0.25) is 0 Å². The Balaban J connectivity index is 2.70. The highest BCUT2D eigenvalue weighted by molar-refractivity contribution is 7.97. The first-order valence-corrected chi connectivity index (χ1v) is 8.42. The van der Waals surface area contributed by atoms with Crippen molar-refractivity contribution in [3.05, 3.63) is 35.9 Å². The van der Waals surface area contributed by atoms with Crippen LogP contribution in [0.15, 0.2) is 39.1 Å². The Morgan fingerprint density at radius 2 is 1.61 bits per heavy atom. The van der Waals surface area contributed by atoms with Gasteiger partial charge in [0.2, 0.25) is 0 Å². The lowest BCUT2D eigenvalue weighted by Gasteiger charge is -2.07. The van der Waals surface area contributed by atoms with Crippen molar-refractivity contribution >= 4 is 35.3 Å². The van der Waals surface area contributed by atoms with Crippen LogP contribution in [0.2, 0.25) is 0 Å². The van der Waals surface area contributed by atoms with Gasteiger partial charge in [0, 0.05) is 12.5 Å². The van der Waals surface area contributed by atoms with Gasteiger partial charge >= 0.3 is 0 Å². The number of hydrogen-bond acceptors (Lipinski definition) is 4. The maximum Gasteiger partial charge on any atom is 0.0711 e. The molecule has 0 aromatic heterocycles. The molecule has 0 N–H and O–H groups in total. The van der Waals surface area contributed by atoms with E-state index >= 15 is 0 Å². The molecule has 0 atom stereocenters. The highest BCUT2D eigenvalue weighted by atomic mass is 32.2. The Labute approximate surface area is 119 Å². The van der Waals surface area contributed by atoms with E-state index in [0.717, 1.165) is 30.7 Å². The molecule has 4 heteroatoms. The largest absolute Gasteiger partial charge is 0.220 e. The summed E-state index contributed by atoms with van der Waals surface area (Å²) in [5, 5.41) is 0. The number of hydrogen-bond donors (Lipinski definition) is 0. The topological polar surface area (TPSA) is 24.7 Å². The lowest BCUT2D eigenvalue weighted by atomic mass is 10.0. The molecular formula is C14H20N2S2. The molecule has 0 amide bonds. The van der Waals surface area contributed by atoms with E-state index in [1.807, 2.05) is 18.6 Å². The van der Waals surface area contributed by atoms with Crippen LogP contribution in [0.1, 0.15) is 25.3 Å². The van der Waals surface area contributed by atoms with Gasteiger partial charge in [0.1, 0.15) is 0 Å². The van der Waals surface area contributed by atoms with Crippen LogP contribution < -0.4 is 0 Å². The molecule has 1 aromatic carbocycles. The van der Waals surface area contributed by atoms with Crippen LogP contribution >= 0.6 is 23.9 Å². The SMILES string of the molecule is CCC(=N\SC)/C(CCc1ccccc1)=N/SC. The zero-order valence-corrected chi connectivity index (χ0v) is 12.9. The van der Waals surface area contributed by atoms with Crippen LogP contribution in [0.5, 0.6) is 0 Å². The van der Waals surface area contributed by atoms with E-state index in [1.165, 1.54) is 29.5 Å². The summed E-state index contributed by atoms with van der Waals surface area (Å²) < 4.78 is 8.98. The fraction of sp³-hybridized carbons (Fsp3) is 0.429. The van der Waals surface area contributed by atoms with Crippen LogP contribution in [0.3, 0.4) is 0 Å². The second-order valence-corrected chi connectivity index (χ2v) is 4.88. The highest BCUT2D eigenvalue weighted by Gasteiger charge is 2.07. The third-order valence-corrected chi connectivity index (χ3v) is 3.37. The molecule has 0 bridgehead atoms. The van der Waals surface area contributed by atoms with Crippen LogP contribution in [0, 0.1) is 0 Å². The van der Waals surface area contributed by atoms with E-state index in [2.05, 4.69) is 40.0 Å². The molecule has 0 aliphatic rings. The molecule has 2 nitrogen and oxygen atoms in total. The normalized spacial score (nSPS) is 12.8. The van der Waals surface area contributed by atoms with Crippen molar-refractivity contribution in [1.82, 2.24) is 0 Å². The van der Waals surface area contributed by atoms with Gasteiger partial charge in [-0.15, -0.1) is 0 Å². The van der Waals surface area contributed by atoms with Gasteiger partial charge in [0.25, 0.3) is 0 Å². The van der Waals surface area contributed by atoms with Crippen molar-refractivity contribution in [3.8, 4) is 0 Å². The van der Waals surface area contributed by atoms with Gasteiger partial charge in [-0.2, -0.15) is 0 Å². The summed E-state index contributed by atoms with van der Waals surface area (Å²) in [6, 6.07) is 10.5. The average molecular weight is 280 g/mol. The van der Waals surface area contributed by atoms with Crippen LogP contribution in [-0.2, 0) is 6.42 Å². The third kappa shape index (κ3) is 5.27. The smallest absolute Gasteiger partial charge is 0.0711 e. The highest BCUT2D eigenvalue weighted by Crippen LogP contribution is 2.10. The van der Waals surface area contributed by atoms with Gasteiger partial charge in [-0.1, -0.05) is 37.3 Å². The van der Waals surface area contributed by atoms with Crippen molar-refractivity contribution in [2.45, 2.75) is 26.2 Å². The molecule has 0 fully saturated rings. The molecule has 18 heavy (non-hydrogen) atoms. The van der Waals surface area contributed by atoms with E-state index in [-0.39, 0.29) is 0 Å². The first-order valence-electron chi connectivity index (χ1n) is 6.06. The minimum Gasteiger partial charge on any atom is -0.220 e. The van der Waals surface area contributed by atoms with Gasteiger partial charge in [-0.05, 0) is 48.7 Å². The Bertz CT molecular complexity index is 400. The first-order chi connectivity index (χ1) is 8.81. The van der Waals surface area contributed by atoms with E-state index in [9.17, 15) is 0 Å². The van der Waals surface area contributed by atoms with Crippen molar-refractivity contribution in [2.24, 2.45) is 8.80 Å². The third-order valence-electron chi connectivity index (χ3n) is 2.56. The monoisotopic (exact) mass is 280 g/mol. The van der Waals surface area contributed by atoms with Crippen molar-refractivity contribution < 1.29 is 0 Å². The van der Waals surface area contributed by atoms with E-state index < -0.39 is 0 Å². The molecule has 0 radical (unpaired) electrons. The Morgan fingerprint density at radius 3 is 2.17 bits per heavy atom. The molecule has 1 rings (SSSR count). The zero-order chi connectivity index (χ0) is 13.2. The molecule has 0 saturated heterocycles. The van der Waals surface area contributed by atoms with E-state index in [4.69, 9.17) is 0 Å². The number of benzene rings is 1. The second-order valence-electron chi connectivity index (χ2n) is 3.78. The second kappa shape index (κ2) is 9.22. The molecule has 0 unspecified atom stereocenters. The molecule has 0 heterocycles. The molecule has 98 valence electrons. The number of nitrogens with zero attached hydrogens (tertiary/aromatic N) is 2. The van der Waals surface area contributed by atoms with Crippen LogP contribution in [0.4, 0.5) is 0 Å². The summed E-state index contributed by atoms with van der Waals surface area (Å²) in [6.45, 7) is 2.13. The van der Waals surface area contributed by atoms with Gasteiger partial charge in [-0.25, -0.2) is 8.80 Å². The maximum atomic E-state index is 4.52. The molecule has 0 aliphatic heterocycles. The molecule has 0 spiro atoms. The Kier molecular flexibility index (Phi) is 7.85. The van der Waals surface area contributed by atoms with Gasteiger partial charge < -0.3 is 0 Å². The van der Waals surface area contributed by atoms with Crippen molar-refractivity contribution in [2.75, 3.05) is 12.5 Å². The molecule has 0 saturated carbocycles. The van der Waals surface area contributed by atoms with Crippen LogP contribution in [-0.4, -0.2) is 23.9 Å².